The minimum atomic E-state index is -2.06. The van der Waals surface area contributed by atoms with Crippen LogP contribution in [0.3, 0.4) is 0 Å². The Hall–Kier alpha value is -3.60. The number of carbonyl (C=O) groups excluding carboxylic acids is 3. The van der Waals surface area contributed by atoms with Crippen molar-refractivity contribution in [2.24, 2.45) is 17.1 Å². The highest BCUT2D eigenvalue weighted by Crippen LogP contribution is 2.42. The molecule has 1 aliphatic carbocycles. The standard InChI is InChI=1S/C28H38N6O7/c1-16(35)33-25-18-10-11-20(34(18)32-15-31-25)28(14-29)24(37)22(40-21(36)12-17-8-6-5-7-9-17)19(41-28)13-39-26(38)23(30)27(2,3)4/h10-11,15,17,19,22-24,37H,5-9,12-13,30H2,1-4H3,(H,31,32,33,35)/t19-,22-,23-,24-,28+/m1/s1. The minimum absolute atomic E-state index is 0.116. The van der Waals surface area contributed by atoms with E-state index < -0.39 is 53.9 Å². The Morgan fingerprint density at radius 2 is 2.00 bits per heavy atom. The largest absolute Gasteiger partial charge is 0.462 e. The molecule has 3 heterocycles. The Morgan fingerprint density at radius 1 is 1.29 bits per heavy atom. The fraction of sp³-hybridized carbons (Fsp3) is 0.643. The lowest BCUT2D eigenvalue weighted by molar-refractivity contribution is -0.162. The summed E-state index contributed by atoms with van der Waals surface area (Å²) in [7, 11) is 0. The number of fused-ring (bicyclic) bond motifs is 1. The Bertz CT molecular complexity index is 1330. The second-order valence-electron chi connectivity index (χ2n) is 11.9. The summed E-state index contributed by atoms with van der Waals surface area (Å²) in [6.45, 7) is 6.28. The average molecular weight is 571 g/mol. The highest BCUT2D eigenvalue weighted by atomic mass is 16.6. The number of anilines is 1. The van der Waals surface area contributed by atoms with Crippen molar-refractivity contribution in [1.29, 1.82) is 5.26 Å². The number of nitrogens with two attached hydrogens (primary N) is 1. The first kappa shape index (κ1) is 30.4. The molecule has 2 aliphatic rings. The molecule has 13 heteroatoms. The lowest BCUT2D eigenvalue weighted by Gasteiger charge is -2.26. The van der Waals surface area contributed by atoms with Crippen molar-refractivity contribution in [2.45, 2.75) is 96.2 Å². The van der Waals surface area contributed by atoms with Gasteiger partial charge >= 0.3 is 11.9 Å². The maximum atomic E-state index is 13.0. The summed E-state index contributed by atoms with van der Waals surface area (Å²) in [5.41, 5.74) is 3.87. The van der Waals surface area contributed by atoms with Crippen LogP contribution < -0.4 is 11.1 Å². The first-order valence-electron chi connectivity index (χ1n) is 13.9. The molecule has 0 spiro atoms. The van der Waals surface area contributed by atoms with E-state index in [1.165, 1.54) is 23.8 Å². The SMILES string of the molecule is CC(=O)Nc1ncnn2c([C@]3(C#N)O[C@H](COC(=O)[C@@H](N)C(C)(C)C)[C@@H](OC(=O)CC4CCCCC4)[C@H]3O)ccc12. The number of nitrogens with zero attached hydrogens (tertiary/aromatic N) is 4. The molecule has 4 rings (SSSR count). The molecule has 13 nitrogen and oxygen atoms in total. The van der Waals surface area contributed by atoms with E-state index in [1.807, 2.05) is 6.07 Å². The van der Waals surface area contributed by atoms with Gasteiger partial charge in [0, 0.05) is 13.3 Å². The number of aromatic nitrogens is 3. The number of ether oxygens (including phenoxy) is 3. The van der Waals surface area contributed by atoms with Gasteiger partial charge < -0.3 is 30.4 Å². The van der Waals surface area contributed by atoms with Crippen LogP contribution in [0.15, 0.2) is 18.5 Å². The van der Waals surface area contributed by atoms with Crippen molar-refractivity contribution in [2.75, 3.05) is 11.9 Å². The molecule has 0 unspecified atom stereocenters. The monoisotopic (exact) mass is 570 g/mol. The fourth-order valence-electron chi connectivity index (χ4n) is 5.35. The molecule has 2 aromatic rings. The number of rotatable bonds is 8. The van der Waals surface area contributed by atoms with Crippen molar-refractivity contribution in [3.8, 4) is 6.07 Å². The van der Waals surface area contributed by atoms with Gasteiger partial charge in [-0.25, -0.2) is 9.50 Å². The number of aliphatic hydroxyl groups is 1. The van der Waals surface area contributed by atoms with Gasteiger partial charge in [-0.3, -0.25) is 14.4 Å². The molecule has 1 aliphatic heterocycles. The summed E-state index contributed by atoms with van der Waals surface area (Å²) >= 11 is 0. The third-order valence-corrected chi connectivity index (χ3v) is 7.75. The molecule has 1 amide bonds. The lowest BCUT2D eigenvalue weighted by atomic mass is 9.87. The zero-order valence-corrected chi connectivity index (χ0v) is 23.8. The highest BCUT2D eigenvalue weighted by Gasteiger charge is 2.60. The maximum Gasteiger partial charge on any atom is 0.323 e. The summed E-state index contributed by atoms with van der Waals surface area (Å²) in [6, 6.07) is 4.16. The molecule has 41 heavy (non-hydrogen) atoms. The van der Waals surface area contributed by atoms with Crippen LogP contribution in [0.5, 0.6) is 0 Å². The van der Waals surface area contributed by atoms with Gasteiger partial charge in [-0.1, -0.05) is 40.0 Å². The maximum absolute atomic E-state index is 13.0. The molecule has 1 saturated heterocycles. The zero-order valence-electron chi connectivity index (χ0n) is 23.8. The van der Waals surface area contributed by atoms with Crippen LogP contribution in [-0.2, 0) is 34.2 Å². The molecule has 5 atom stereocenters. The number of nitrogens with one attached hydrogen (secondary N) is 1. The number of esters is 2. The number of nitriles is 1. The van der Waals surface area contributed by atoms with Crippen LogP contribution in [0.4, 0.5) is 5.82 Å². The summed E-state index contributed by atoms with van der Waals surface area (Å²) < 4.78 is 18.6. The van der Waals surface area contributed by atoms with Gasteiger partial charge in [0.1, 0.15) is 42.8 Å². The van der Waals surface area contributed by atoms with Gasteiger partial charge in [0.15, 0.2) is 11.9 Å². The Morgan fingerprint density at radius 3 is 2.63 bits per heavy atom. The topological polar surface area (TPSA) is 191 Å². The minimum Gasteiger partial charge on any atom is -0.462 e. The van der Waals surface area contributed by atoms with E-state index in [2.05, 4.69) is 15.4 Å². The van der Waals surface area contributed by atoms with E-state index >= 15 is 0 Å². The Labute approximate surface area is 238 Å². The Balaban J connectivity index is 1.65. The van der Waals surface area contributed by atoms with Crippen molar-refractivity contribution in [3.05, 3.63) is 24.2 Å². The van der Waals surface area contributed by atoms with Gasteiger partial charge in [0.05, 0.1) is 5.69 Å². The highest BCUT2D eigenvalue weighted by molar-refractivity contribution is 5.91. The van der Waals surface area contributed by atoms with Crippen LogP contribution in [0.1, 0.15) is 71.9 Å². The predicted octanol–water partition coefficient (Wildman–Crippen LogP) is 1.97. The summed E-state index contributed by atoms with van der Waals surface area (Å²) in [6.07, 6.45) is 2.23. The van der Waals surface area contributed by atoms with E-state index in [4.69, 9.17) is 19.9 Å². The van der Waals surface area contributed by atoms with E-state index in [9.17, 15) is 24.8 Å². The van der Waals surface area contributed by atoms with Gasteiger partial charge in [0.2, 0.25) is 11.5 Å². The molecule has 0 radical (unpaired) electrons. The molecule has 222 valence electrons. The second kappa shape index (κ2) is 12.1. The number of hydrogen-bond acceptors (Lipinski definition) is 11. The predicted molar refractivity (Wildman–Crippen MR) is 145 cm³/mol. The van der Waals surface area contributed by atoms with Gasteiger partial charge in [0.25, 0.3) is 0 Å². The van der Waals surface area contributed by atoms with E-state index in [1.54, 1.807) is 26.8 Å². The quantitative estimate of drug-likeness (QED) is 0.393. The van der Waals surface area contributed by atoms with Crippen LogP contribution in [0.2, 0.25) is 0 Å². The van der Waals surface area contributed by atoms with Crippen molar-refractivity contribution >= 4 is 29.2 Å². The van der Waals surface area contributed by atoms with Gasteiger partial charge in [-0.15, -0.1) is 0 Å². The summed E-state index contributed by atoms with van der Waals surface area (Å²) in [4.78, 5) is 41.4. The first-order valence-corrected chi connectivity index (χ1v) is 13.9. The van der Waals surface area contributed by atoms with E-state index in [0.717, 1.165) is 32.1 Å². The normalized spacial score (nSPS) is 25.8. The third kappa shape index (κ3) is 6.34. The number of amides is 1. The smallest absolute Gasteiger partial charge is 0.323 e. The second-order valence-corrected chi connectivity index (χ2v) is 11.9. The first-order chi connectivity index (χ1) is 19.4. The van der Waals surface area contributed by atoms with Crippen molar-refractivity contribution < 1.29 is 33.7 Å². The average Bonchev–Trinajstić information content (AvgIpc) is 3.47. The van der Waals surface area contributed by atoms with E-state index in [-0.39, 0.29) is 29.8 Å². The number of hydrogen-bond donors (Lipinski definition) is 3. The number of aliphatic hydroxyl groups excluding tert-OH is 1. The third-order valence-electron chi connectivity index (χ3n) is 7.75. The molecular weight excluding hydrogens is 532 g/mol. The molecule has 4 N–H and O–H groups in total. The number of carbonyl (C=O) groups is 3. The molecular formula is C28H38N6O7. The van der Waals surface area contributed by atoms with Gasteiger partial charge in [-0.05, 0) is 36.3 Å². The molecule has 0 bridgehead atoms. The van der Waals surface area contributed by atoms with Crippen molar-refractivity contribution in [1.82, 2.24) is 14.6 Å². The van der Waals surface area contributed by atoms with Crippen molar-refractivity contribution in [3.63, 3.8) is 0 Å². The summed E-state index contributed by atoms with van der Waals surface area (Å²) in [5, 5.41) is 28.8. The molecule has 1 saturated carbocycles. The molecule has 2 aromatic heterocycles. The van der Waals surface area contributed by atoms with Crippen LogP contribution >= 0.6 is 0 Å². The fourth-order valence-corrected chi connectivity index (χ4v) is 5.35. The lowest BCUT2D eigenvalue weighted by Crippen LogP contribution is -2.45. The van der Waals surface area contributed by atoms with Crippen LogP contribution in [-0.4, -0.2) is 68.5 Å². The van der Waals surface area contributed by atoms with Crippen LogP contribution in [0, 0.1) is 22.7 Å². The molecule has 2 fully saturated rings. The van der Waals surface area contributed by atoms with E-state index in [0.29, 0.717) is 5.52 Å². The van der Waals surface area contributed by atoms with Gasteiger partial charge in [-0.2, -0.15) is 10.4 Å². The zero-order chi connectivity index (χ0) is 29.9. The summed E-state index contributed by atoms with van der Waals surface area (Å²) in [5.74, 6) is -1.22. The Kier molecular flexibility index (Phi) is 8.96. The van der Waals surface area contributed by atoms with Crippen LogP contribution in [0.25, 0.3) is 5.52 Å². The molecule has 0 aromatic carbocycles.